The van der Waals surface area contributed by atoms with Gasteiger partial charge in [-0.25, -0.2) is 8.42 Å². The molecule has 0 aliphatic carbocycles. The van der Waals surface area contributed by atoms with Gasteiger partial charge in [-0.15, -0.1) is 0 Å². The summed E-state index contributed by atoms with van der Waals surface area (Å²) in [7, 11) is 2.76. The standard InChI is InChI=1S/C31H39N3O9S/c1-8-32-31(36)21(2)33(19-22-9-11-23(39-3)12-10-22)30(35)20-34(26-17-24(40-4)13-15-27(26)41-5)44(37,38)25-14-16-28(42-6)29(18-25)43-7/h9-18,21H,8,19-20H2,1-7H3,(H,32,36)/t21-/m1/s1. The highest BCUT2D eigenvalue weighted by Crippen LogP contribution is 2.37. The zero-order valence-corrected chi connectivity index (χ0v) is 26.8. The van der Waals surface area contributed by atoms with Gasteiger partial charge in [-0.1, -0.05) is 12.1 Å². The highest BCUT2D eigenvalue weighted by Gasteiger charge is 2.34. The molecule has 13 heteroatoms. The van der Waals surface area contributed by atoms with Gasteiger partial charge in [0, 0.05) is 25.2 Å². The fourth-order valence-electron chi connectivity index (χ4n) is 4.44. The molecule has 1 atom stereocenters. The minimum atomic E-state index is -4.44. The van der Waals surface area contributed by atoms with Gasteiger partial charge in [0.2, 0.25) is 11.8 Å². The molecule has 0 aliphatic heterocycles. The third kappa shape index (κ3) is 7.64. The zero-order valence-electron chi connectivity index (χ0n) is 25.9. The molecule has 0 bridgehead atoms. The number of amides is 2. The third-order valence-electron chi connectivity index (χ3n) is 6.91. The first-order valence-corrected chi connectivity index (χ1v) is 15.1. The van der Waals surface area contributed by atoms with Crippen LogP contribution >= 0.6 is 0 Å². The van der Waals surface area contributed by atoms with Crippen molar-refractivity contribution in [2.75, 3.05) is 52.9 Å². The topological polar surface area (TPSA) is 133 Å². The minimum absolute atomic E-state index is 0.0284. The van der Waals surface area contributed by atoms with E-state index >= 15 is 0 Å². The van der Waals surface area contributed by atoms with Gasteiger partial charge >= 0.3 is 0 Å². The first-order valence-electron chi connectivity index (χ1n) is 13.7. The molecule has 12 nitrogen and oxygen atoms in total. The average Bonchev–Trinajstić information content (AvgIpc) is 3.05. The van der Waals surface area contributed by atoms with E-state index in [0.29, 0.717) is 29.4 Å². The molecule has 0 fully saturated rings. The number of likely N-dealkylation sites (N-methyl/N-ethyl adjacent to an activating group) is 1. The zero-order chi connectivity index (χ0) is 32.4. The van der Waals surface area contributed by atoms with Crippen LogP contribution in [0, 0.1) is 0 Å². The lowest BCUT2D eigenvalue weighted by atomic mass is 10.1. The van der Waals surface area contributed by atoms with E-state index in [0.717, 1.165) is 4.31 Å². The highest BCUT2D eigenvalue weighted by molar-refractivity contribution is 7.92. The number of benzene rings is 3. The van der Waals surface area contributed by atoms with Gasteiger partial charge in [-0.05, 0) is 55.8 Å². The SMILES string of the molecule is CCNC(=O)[C@@H](C)N(Cc1ccc(OC)cc1)C(=O)CN(c1cc(OC)ccc1OC)S(=O)(=O)c1ccc(OC)c(OC)c1. The van der Waals surface area contributed by atoms with E-state index in [4.69, 9.17) is 23.7 Å². The third-order valence-corrected chi connectivity index (χ3v) is 8.66. The Bertz CT molecular complexity index is 1550. The normalized spacial score (nSPS) is 11.6. The first kappa shape index (κ1) is 33.8. The molecule has 0 spiro atoms. The smallest absolute Gasteiger partial charge is 0.265 e. The second kappa shape index (κ2) is 15.2. The molecule has 0 radical (unpaired) electrons. The van der Waals surface area contributed by atoms with E-state index in [-0.39, 0.29) is 34.5 Å². The van der Waals surface area contributed by atoms with Crippen molar-refractivity contribution in [2.45, 2.75) is 31.3 Å². The van der Waals surface area contributed by atoms with Gasteiger partial charge in [-0.2, -0.15) is 0 Å². The number of hydrogen-bond acceptors (Lipinski definition) is 9. The number of nitrogens with one attached hydrogen (secondary N) is 1. The molecule has 1 N–H and O–H groups in total. The van der Waals surface area contributed by atoms with Crippen molar-refractivity contribution in [3.05, 3.63) is 66.2 Å². The monoisotopic (exact) mass is 629 g/mol. The Morgan fingerprint density at radius 2 is 1.36 bits per heavy atom. The summed E-state index contributed by atoms with van der Waals surface area (Å²) in [5, 5.41) is 2.74. The van der Waals surface area contributed by atoms with Gasteiger partial charge in [0.05, 0.1) is 46.1 Å². The second-order valence-corrected chi connectivity index (χ2v) is 11.4. The van der Waals surface area contributed by atoms with Crippen LogP contribution in [-0.2, 0) is 26.2 Å². The summed E-state index contributed by atoms with van der Waals surface area (Å²) in [4.78, 5) is 28.3. The quantitative estimate of drug-likeness (QED) is 0.268. The molecule has 0 aliphatic rings. The Labute approximate surface area is 258 Å². The maximum Gasteiger partial charge on any atom is 0.265 e. The van der Waals surface area contributed by atoms with Gasteiger partial charge < -0.3 is 33.9 Å². The minimum Gasteiger partial charge on any atom is -0.497 e. The molecule has 3 rings (SSSR count). The summed E-state index contributed by atoms with van der Waals surface area (Å²) in [5.41, 5.74) is 0.772. The van der Waals surface area contributed by atoms with Gasteiger partial charge in [0.25, 0.3) is 10.0 Å². The van der Waals surface area contributed by atoms with E-state index in [2.05, 4.69) is 5.32 Å². The maximum atomic E-state index is 14.3. The Kier molecular flexibility index (Phi) is 11.7. The molecular formula is C31H39N3O9S. The number of carbonyl (C=O) groups excluding carboxylic acids is 2. The molecule has 0 saturated carbocycles. The molecule has 238 valence electrons. The van der Waals surface area contributed by atoms with Crippen LogP contribution in [0.4, 0.5) is 5.69 Å². The molecule has 0 saturated heterocycles. The molecule has 3 aromatic carbocycles. The van der Waals surface area contributed by atoms with E-state index in [9.17, 15) is 18.0 Å². The van der Waals surface area contributed by atoms with Crippen molar-refractivity contribution >= 4 is 27.5 Å². The lowest BCUT2D eigenvalue weighted by molar-refractivity contribution is -0.139. The summed E-state index contributed by atoms with van der Waals surface area (Å²) < 4.78 is 56.3. The van der Waals surface area contributed by atoms with Crippen LogP contribution < -0.4 is 33.3 Å². The number of methoxy groups -OCH3 is 5. The number of anilines is 1. The van der Waals surface area contributed by atoms with E-state index < -0.39 is 28.5 Å². The van der Waals surface area contributed by atoms with Gasteiger partial charge in [0.15, 0.2) is 11.5 Å². The lowest BCUT2D eigenvalue weighted by Crippen LogP contribution is -2.51. The largest absolute Gasteiger partial charge is 0.497 e. The van der Waals surface area contributed by atoms with E-state index in [1.807, 2.05) is 0 Å². The molecular weight excluding hydrogens is 590 g/mol. The van der Waals surface area contributed by atoms with Crippen molar-refractivity contribution in [3.63, 3.8) is 0 Å². The number of sulfonamides is 1. The van der Waals surface area contributed by atoms with Gasteiger partial charge in [0.1, 0.15) is 29.8 Å². The number of rotatable bonds is 15. The number of nitrogens with zero attached hydrogens (tertiary/aromatic N) is 2. The second-order valence-electron chi connectivity index (χ2n) is 9.51. The lowest BCUT2D eigenvalue weighted by Gasteiger charge is -2.32. The predicted molar refractivity (Wildman–Crippen MR) is 165 cm³/mol. The number of carbonyl (C=O) groups is 2. The Morgan fingerprint density at radius 3 is 1.93 bits per heavy atom. The van der Waals surface area contributed by atoms with Crippen LogP contribution in [0.1, 0.15) is 19.4 Å². The summed E-state index contributed by atoms with van der Waals surface area (Å²) in [6.07, 6.45) is 0. The van der Waals surface area contributed by atoms with Crippen LogP contribution in [0.5, 0.6) is 28.7 Å². The molecule has 0 aromatic heterocycles. The molecule has 44 heavy (non-hydrogen) atoms. The van der Waals surface area contributed by atoms with Crippen molar-refractivity contribution in [2.24, 2.45) is 0 Å². The first-order chi connectivity index (χ1) is 21.0. The fraction of sp³-hybridized carbons (Fsp3) is 0.355. The maximum absolute atomic E-state index is 14.3. The van der Waals surface area contributed by atoms with Crippen LogP contribution in [0.3, 0.4) is 0 Å². The van der Waals surface area contributed by atoms with Crippen LogP contribution in [0.2, 0.25) is 0 Å². The van der Waals surface area contributed by atoms with Gasteiger partial charge in [-0.3, -0.25) is 13.9 Å². The highest BCUT2D eigenvalue weighted by atomic mass is 32.2. The average molecular weight is 630 g/mol. The van der Waals surface area contributed by atoms with Crippen molar-refractivity contribution in [1.29, 1.82) is 0 Å². The summed E-state index contributed by atoms with van der Waals surface area (Å²) >= 11 is 0. The molecule has 2 amide bonds. The van der Waals surface area contributed by atoms with Crippen molar-refractivity contribution in [1.82, 2.24) is 10.2 Å². The number of hydrogen-bond donors (Lipinski definition) is 1. The molecule has 0 heterocycles. The van der Waals surface area contributed by atoms with Crippen molar-refractivity contribution in [3.8, 4) is 28.7 Å². The Morgan fingerprint density at radius 1 is 0.773 bits per heavy atom. The Balaban J connectivity index is 2.16. The Hall–Kier alpha value is -4.65. The van der Waals surface area contributed by atoms with Crippen molar-refractivity contribution < 1.29 is 41.7 Å². The summed E-state index contributed by atoms with van der Waals surface area (Å²) in [6.45, 7) is 3.08. The predicted octanol–water partition coefficient (Wildman–Crippen LogP) is 3.48. The molecule has 3 aromatic rings. The van der Waals surface area contributed by atoms with E-state index in [1.165, 1.54) is 57.6 Å². The van der Waals surface area contributed by atoms with Crippen LogP contribution in [-0.4, -0.2) is 79.8 Å². The number of ether oxygens (including phenoxy) is 5. The molecule has 0 unspecified atom stereocenters. The van der Waals surface area contributed by atoms with Crippen LogP contribution in [0.15, 0.2) is 65.6 Å². The summed E-state index contributed by atoms with van der Waals surface area (Å²) in [5.74, 6) is 0.641. The van der Waals surface area contributed by atoms with E-state index in [1.54, 1.807) is 57.4 Å². The van der Waals surface area contributed by atoms with Crippen LogP contribution in [0.25, 0.3) is 0 Å². The fourth-order valence-corrected chi connectivity index (χ4v) is 5.87. The summed E-state index contributed by atoms with van der Waals surface area (Å²) in [6, 6.07) is 14.8.